The van der Waals surface area contributed by atoms with Gasteiger partial charge in [-0.2, -0.15) is 5.10 Å². The van der Waals surface area contributed by atoms with Crippen LogP contribution in [-0.4, -0.2) is 31.8 Å². The van der Waals surface area contributed by atoms with E-state index in [1.807, 2.05) is 30.3 Å². The molecule has 0 radical (unpaired) electrons. The number of rotatable bonds is 8. The minimum Gasteiger partial charge on any atom is -0.497 e. The Bertz CT molecular complexity index is 1370. The molecule has 8 heteroatoms. The highest BCUT2D eigenvalue weighted by Gasteiger charge is 2.14. The summed E-state index contributed by atoms with van der Waals surface area (Å²) in [5.41, 5.74) is 3.33. The maximum absolute atomic E-state index is 12.7. The first kappa shape index (κ1) is 23.8. The normalized spacial score (nSPS) is 10.8. The predicted octanol–water partition coefficient (Wildman–Crippen LogP) is 5.25. The van der Waals surface area contributed by atoms with E-state index in [0.717, 1.165) is 10.8 Å². The SMILES string of the molecule is COc1ccc(OCC(=O)N/N=C\c2c(OC(=O)c3ccc(Cl)cc3)ccc3ccccc23)cc1. The zero-order chi connectivity index (χ0) is 24.6. The summed E-state index contributed by atoms with van der Waals surface area (Å²) in [6, 6.07) is 24.4. The highest BCUT2D eigenvalue weighted by molar-refractivity contribution is 6.30. The second-order valence-corrected chi connectivity index (χ2v) is 7.79. The lowest BCUT2D eigenvalue weighted by molar-refractivity contribution is -0.123. The van der Waals surface area contributed by atoms with E-state index in [-0.39, 0.29) is 6.61 Å². The molecule has 0 aromatic heterocycles. The Hall–Kier alpha value is -4.36. The molecule has 0 aliphatic heterocycles. The molecule has 4 aromatic carbocycles. The van der Waals surface area contributed by atoms with Gasteiger partial charge in [-0.05, 0) is 65.4 Å². The van der Waals surface area contributed by atoms with Crippen LogP contribution in [0.1, 0.15) is 15.9 Å². The van der Waals surface area contributed by atoms with Gasteiger partial charge in [0, 0.05) is 10.6 Å². The molecule has 0 aliphatic carbocycles. The van der Waals surface area contributed by atoms with Crippen molar-refractivity contribution in [1.29, 1.82) is 0 Å². The average molecular weight is 489 g/mol. The standard InChI is InChI=1S/C27H21ClN2O5/c1-33-21-11-13-22(14-12-21)34-17-26(31)30-29-16-24-23-5-3-2-4-18(23)8-15-25(24)35-27(32)19-6-9-20(28)10-7-19/h2-16H,17H2,1H3,(H,30,31)/b29-16-. The molecule has 0 unspecified atom stereocenters. The molecule has 4 aromatic rings. The lowest BCUT2D eigenvalue weighted by Crippen LogP contribution is -2.24. The van der Waals surface area contributed by atoms with E-state index in [1.54, 1.807) is 61.7 Å². The van der Waals surface area contributed by atoms with Crippen molar-refractivity contribution in [2.45, 2.75) is 0 Å². The van der Waals surface area contributed by atoms with Crippen molar-refractivity contribution >= 4 is 40.5 Å². The number of hydrogen-bond donors (Lipinski definition) is 1. The molecule has 0 saturated heterocycles. The van der Waals surface area contributed by atoms with Gasteiger partial charge >= 0.3 is 5.97 Å². The van der Waals surface area contributed by atoms with Gasteiger partial charge in [-0.1, -0.05) is 41.9 Å². The molecular weight excluding hydrogens is 468 g/mol. The number of ether oxygens (including phenoxy) is 3. The van der Waals surface area contributed by atoms with Crippen LogP contribution < -0.4 is 19.6 Å². The Morgan fingerprint density at radius 1 is 0.914 bits per heavy atom. The molecule has 7 nitrogen and oxygen atoms in total. The zero-order valence-corrected chi connectivity index (χ0v) is 19.5. The van der Waals surface area contributed by atoms with Gasteiger partial charge in [0.2, 0.25) is 0 Å². The predicted molar refractivity (Wildman–Crippen MR) is 135 cm³/mol. The fraction of sp³-hybridized carbons (Fsp3) is 0.0741. The summed E-state index contributed by atoms with van der Waals surface area (Å²) in [5, 5.41) is 6.30. The highest BCUT2D eigenvalue weighted by Crippen LogP contribution is 2.27. The Morgan fingerprint density at radius 3 is 2.37 bits per heavy atom. The highest BCUT2D eigenvalue weighted by atomic mass is 35.5. The Kier molecular flexibility index (Phi) is 7.60. The Balaban J connectivity index is 1.47. The molecule has 1 amide bonds. The number of esters is 1. The van der Waals surface area contributed by atoms with Gasteiger partial charge in [0.05, 0.1) is 18.9 Å². The molecule has 4 rings (SSSR count). The van der Waals surface area contributed by atoms with Crippen LogP contribution in [0.2, 0.25) is 5.02 Å². The third kappa shape index (κ3) is 6.16. The van der Waals surface area contributed by atoms with Crippen LogP contribution in [0.15, 0.2) is 90.0 Å². The van der Waals surface area contributed by atoms with Crippen molar-refractivity contribution in [2.75, 3.05) is 13.7 Å². The molecule has 0 atom stereocenters. The number of hydrazone groups is 1. The largest absolute Gasteiger partial charge is 0.497 e. The number of hydrogen-bond acceptors (Lipinski definition) is 6. The molecule has 35 heavy (non-hydrogen) atoms. The number of fused-ring (bicyclic) bond motifs is 1. The smallest absolute Gasteiger partial charge is 0.343 e. The van der Waals surface area contributed by atoms with Crippen LogP contribution in [-0.2, 0) is 4.79 Å². The van der Waals surface area contributed by atoms with E-state index in [9.17, 15) is 9.59 Å². The summed E-state index contributed by atoms with van der Waals surface area (Å²) in [7, 11) is 1.57. The van der Waals surface area contributed by atoms with Crippen molar-refractivity contribution in [3.8, 4) is 17.2 Å². The van der Waals surface area contributed by atoms with E-state index in [2.05, 4.69) is 10.5 Å². The third-order valence-corrected chi connectivity index (χ3v) is 5.28. The van der Waals surface area contributed by atoms with Gasteiger partial charge in [-0.15, -0.1) is 0 Å². The molecule has 0 bridgehead atoms. The van der Waals surface area contributed by atoms with Crippen molar-refractivity contribution in [3.63, 3.8) is 0 Å². The fourth-order valence-corrected chi connectivity index (χ4v) is 3.39. The molecule has 0 spiro atoms. The third-order valence-electron chi connectivity index (χ3n) is 5.03. The average Bonchev–Trinajstić information content (AvgIpc) is 2.89. The van der Waals surface area contributed by atoms with E-state index in [1.165, 1.54) is 6.21 Å². The summed E-state index contributed by atoms with van der Waals surface area (Å²) in [6.45, 7) is -0.225. The number of carbonyl (C=O) groups excluding carboxylic acids is 2. The second kappa shape index (κ2) is 11.2. The lowest BCUT2D eigenvalue weighted by atomic mass is 10.0. The monoisotopic (exact) mass is 488 g/mol. The van der Waals surface area contributed by atoms with Crippen LogP contribution in [0.4, 0.5) is 0 Å². The number of halogens is 1. The van der Waals surface area contributed by atoms with Gasteiger partial charge in [0.1, 0.15) is 17.2 Å². The zero-order valence-electron chi connectivity index (χ0n) is 18.7. The number of methoxy groups -OCH3 is 1. The van der Waals surface area contributed by atoms with E-state index < -0.39 is 11.9 Å². The van der Waals surface area contributed by atoms with Crippen LogP contribution in [0.5, 0.6) is 17.2 Å². The fourth-order valence-electron chi connectivity index (χ4n) is 3.26. The van der Waals surface area contributed by atoms with Gasteiger partial charge in [0.15, 0.2) is 6.61 Å². The summed E-state index contributed by atoms with van der Waals surface area (Å²) in [4.78, 5) is 24.8. The Labute approximate surface area is 206 Å². The van der Waals surface area contributed by atoms with Gasteiger partial charge in [-0.25, -0.2) is 10.2 Å². The molecule has 0 aliphatic rings. The van der Waals surface area contributed by atoms with Crippen LogP contribution >= 0.6 is 11.6 Å². The number of benzene rings is 4. The van der Waals surface area contributed by atoms with Crippen molar-refractivity contribution in [1.82, 2.24) is 5.43 Å². The lowest BCUT2D eigenvalue weighted by Gasteiger charge is -2.11. The molecule has 176 valence electrons. The van der Waals surface area contributed by atoms with Crippen molar-refractivity contribution < 1.29 is 23.8 Å². The summed E-state index contributed by atoms with van der Waals surface area (Å²) in [6.07, 6.45) is 1.44. The quantitative estimate of drug-likeness (QED) is 0.158. The van der Waals surface area contributed by atoms with Crippen LogP contribution in [0, 0.1) is 0 Å². The van der Waals surface area contributed by atoms with Gasteiger partial charge < -0.3 is 14.2 Å². The van der Waals surface area contributed by atoms with E-state index >= 15 is 0 Å². The summed E-state index contributed by atoms with van der Waals surface area (Å²) < 4.78 is 16.2. The second-order valence-electron chi connectivity index (χ2n) is 7.35. The summed E-state index contributed by atoms with van der Waals surface area (Å²) in [5.74, 6) is 0.529. The van der Waals surface area contributed by atoms with Crippen molar-refractivity contribution in [3.05, 3.63) is 101 Å². The number of nitrogens with one attached hydrogen (secondary N) is 1. The number of nitrogens with zero attached hydrogens (tertiary/aromatic N) is 1. The maximum atomic E-state index is 12.7. The first-order valence-electron chi connectivity index (χ1n) is 10.6. The molecular formula is C27H21ClN2O5. The van der Waals surface area contributed by atoms with Crippen LogP contribution in [0.3, 0.4) is 0 Å². The van der Waals surface area contributed by atoms with E-state index in [0.29, 0.717) is 33.4 Å². The van der Waals surface area contributed by atoms with Gasteiger partial charge in [-0.3, -0.25) is 4.79 Å². The molecule has 0 saturated carbocycles. The topological polar surface area (TPSA) is 86.2 Å². The first-order valence-corrected chi connectivity index (χ1v) is 11.0. The summed E-state index contributed by atoms with van der Waals surface area (Å²) >= 11 is 5.90. The minimum atomic E-state index is -0.538. The molecule has 0 heterocycles. The molecule has 1 N–H and O–H groups in total. The van der Waals surface area contributed by atoms with E-state index in [4.69, 9.17) is 25.8 Å². The molecule has 0 fully saturated rings. The van der Waals surface area contributed by atoms with Crippen molar-refractivity contribution in [2.24, 2.45) is 5.10 Å². The first-order chi connectivity index (χ1) is 17.0. The van der Waals surface area contributed by atoms with Gasteiger partial charge in [0.25, 0.3) is 5.91 Å². The number of amides is 1. The van der Waals surface area contributed by atoms with Crippen LogP contribution in [0.25, 0.3) is 10.8 Å². The minimum absolute atomic E-state index is 0.225. The maximum Gasteiger partial charge on any atom is 0.343 e. The number of carbonyl (C=O) groups is 2. The Morgan fingerprint density at radius 2 is 1.63 bits per heavy atom.